The maximum absolute atomic E-state index is 11.2. The Morgan fingerprint density at radius 1 is 1.00 bits per heavy atom. The molecule has 0 saturated carbocycles. The molecule has 0 bridgehead atoms. The van der Waals surface area contributed by atoms with Crippen LogP contribution in [0.3, 0.4) is 0 Å². The van der Waals surface area contributed by atoms with Gasteiger partial charge in [-0.1, -0.05) is 48.5 Å². The van der Waals surface area contributed by atoms with E-state index in [0.29, 0.717) is 6.54 Å². The van der Waals surface area contributed by atoms with E-state index in [2.05, 4.69) is 22.0 Å². The molecular weight excluding hydrogens is 364 g/mol. The molecule has 0 fully saturated rings. The Bertz CT molecular complexity index is 967. The lowest BCUT2D eigenvalue weighted by atomic mass is 10.1. The van der Waals surface area contributed by atoms with Crippen LogP contribution in [0, 0.1) is 0 Å². The molecule has 3 rings (SSSR count). The van der Waals surface area contributed by atoms with Crippen LogP contribution in [0.15, 0.2) is 66.9 Å². The van der Waals surface area contributed by atoms with Crippen molar-refractivity contribution >= 4 is 22.8 Å². The molecule has 0 amide bonds. The number of carbonyl (C=O) groups excluding carboxylic acids is 1. The molecule has 1 aromatic heterocycles. The molecule has 5 nitrogen and oxygen atoms in total. The molecule has 0 aliphatic rings. The van der Waals surface area contributed by atoms with Crippen molar-refractivity contribution in [1.82, 2.24) is 9.88 Å². The van der Waals surface area contributed by atoms with Gasteiger partial charge in [0.2, 0.25) is 0 Å². The van der Waals surface area contributed by atoms with Crippen LogP contribution in [0.5, 0.6) is 0 Å². The number of ketones is 1. The van der Waals surface area contributed by atoms with Crippen LogP contribution >= 0.6 is 0 Å². The predicted molar refractivity (Wildman–Crippen MR) is 115 cm³/mol. The van der Waals surface area contributed by atoms with Gasteiger partial charge in [0, 0.05) is 31.2 Å². The van der Waals surface area contributed by atoms with Gasteiger partial charge >= 0.3 is 0 Å². The Balaban J connectivity index is 1.60. The van der Waals surface area contributed by atoms with E-state index in [9.17, 15) is 9.90 Å². The highest BCUT2D eigenvalue weighted by atomic mass is 16.3. The molecule has 0 aliphatic carbocycles. The van der Waals surface area contributed by atoms with E-state index in [4.69, 9.17) is 5.11 Å². The Kier molecular flexibility index (Phi) is 7.64. The fourth-order valence-electron chi connectivity index (χ4n) is 3.19. The fourth-order valence-corrected chi connectivity index (χ4v) is 3.19. The zero-order chi connectivity index (χ0) is 20.5. The molecular formula is C24H26N2O3. The van der Waals surface area contributed by atoms with Crippen LogP contribution in [-0.2, 0) is 17.8 Å². The van der Waals surface area contributed by atoms with Crippen LogP contribution < -0.4 is 0 Å². The van der Waals surface area contributed by atoms with E-state index < -0.39 is 6.61 Å². The summed E-state index contributed by atoms with van der Waals surface area (Å²) in [5, 5.41) is 19.3. The Morgan fingerprint density at radius 2 is 1.79 bits per heavy atom. The SMILES string of the molecule is O=C(/C=C/c1ccc(CN(CCO)CCc2cnc3ccccc3c2)cc1)CO. The average molecular weight is 390 g/mol. The van der Waals surface area contributed by atoms with Crippen molar-refractivity contribution in [2.45, 2.75) is 13.0 Å². The molecule has 0 spiro atoms. The molecule has 0 aliphatic heterocycles. The highest BCUT2D eigenvalue weighted by Gasteiger charge is 2.07. The summed E-state index contributed by atoms with van der Waals surface area (Å²) < 4.78 is 0. The molecule has 1 heterocycles. The van der Waals surface area contributed by atoms with Crippen LogP contribution in [-0.4, -0.2) is 52.2 Å². The predicted octanol–water partition coefficient (Wildman–Crippen LogP) is 2.85. The van der Waals surface area contributed by atoms with E-state index in [0.717, 1.165) is 41.5 Å². The largest absolute Gasteiger partial charge is 0.395 e. The number of rotatable bonds is 10. The molecule has 2 aromatic carbocycles. The van der Waals surface area contributed by atoms with Crippen molar-refractivity contribution < 1.29 is 15.0 Å². The number of hydrogen-bond donors (Lipinski definition) is 2. The Labute approximate surface area is 170 Å². The lowest BCUT2D eigenvalue weighted by Gasteiger charge is -2.21. The Morgan fingerprint density at radius 3 is 2.55 bits per heavy atom. The van der Waals surface area contributed by atoms with Crippen LogP contribution in [0.1, 0.15) is 16.7 Å². The standard InChI is InChI=1S/C24H26N2O3/c27-14-13-26(12-11-21-15-22-3-1-2-4-24(22)25-16-21)17-20-7-5-19(6-8-20)9-10-23(29)18-28/h1-10,15-16,27-28H,11-14,17-18H2/b10-9+. The van der Waals surface area contributed by atoms with Gasteiger partial charge in [-0.2, -0.15) is 0 Å². The number of pyridine rings is 1. The highest BCUT2D eigenvalue weighted by molar-refractivity contribution is 5.94. The molecule has 0 unspecified atom stereocenters. The van der Waals surface area contributed by atoms with Gasteiger partial charge in [0.1, 0.15) is 6.61 Å². The monoisotopic (exact) mass is 390 g/mol. The third-order valence-electron chi connectivity index (χ3n) is 4.78. The summed E-state index contributed by atoms with van der Waals surface area (Å²) >= 11 is 0. The molecule has 0 atom stereocenters. The first-order valence-electron chi connectivity index (χ1n) is 9.75. The van der Waals surface area contributed by atoms with Gasteiger partial charge in [0.25, 0.3) is 0 Å². The van der Waals surface area contributed by atoms with E-state index in [1.54, 1.807) is 6.08 Å². The molecule has 2 N–H and O–H groups in total. The second-order valence-corrected chi connectivity index (χ2v) is 6.99. The van der Waals surface area contributed by atoms with E-state index >= 15 is 0 Å². The van der Waals surface area contributed by atoms with Gasteiger partial charge in [-0.05, 0) is 41.3 Å². The maximum Gasteiger partial charge on any atom is 0.181 e. The lowest BCUT2D eigenvalue weighted by molar-refractivity contribution is -0.117. The smallest absolute Gasteiger partial charge is 0.181 e. The van der Waals surface area contributed by atoms with E-state index in [-0.39, 0.29) is 12.4 Å². The Hall–Kier alpha value is -2.86. The minimum atomic E-state index is -0.475. The minimum Gasteiger partial charge on any atom is -0.395 e. The number of fused-ring (bicyclic) bond motifs is 1. The zero-order valence-electron chi connectivity index (χ0n) is 16.4. The van der Waals surface area contributed by atoms with Gasteiger partial charge in [-0.3, -0.25) is 14.7 Å². The number of nitrogens with zero attached hydrogens (tertiary/aromatic N) is 2. The third-order valence-corrected chi connectivity index (χ3v) is 4.78. The highest BCUT2D eigenvalue weighted by Crippen LogP contribution is 2.14. The molecule has 5 heteroatoms. The van der Waals surface area contributed by atoms with Crippen LogP contribution in [0.25, 0.3) is 17.0 Å². The molecule has 0 radical (unpaired) electrons. The molecule has 150 valence electrons. The number of aromatic nitrogens is 1. The molecule has 3 aromatic rings. The second kappa shape index (κ2) is 10.6. The van der Waals surface area contributed by atoms with Crippen molar-refractivity contribution in [2.24, 2.45) is 0 Å². The van der Waals surface area contributed by atoms with Gasteiger partial charge < -0.3 is 10.2 Å². The number of benzene rings is 2. The molecule has 29 heavy (non-hydrogen) atoms. The normalized spacial score (nSPS) is 11.6. The van der Waals surface area contributed by atoms with Crippen molar-refractivity contribution in [3.8, 4) is 0 Å². The summed E-state index contributed by atoms with van der Waals surface area (Å²) in [7, 11) is 0. The van der Waals surface area contributed by atoms with Crippen molar-refractivity contribution in [3.05, 3.63) is 83.6 Å². The summed E-state index contributed by atoms with van der Waals surface area (Å²) in [6.07, 6.45) is 5.86. The van der Waals surface area contributed by atoms with Crippen molar-refractivity contribution in [3.63, 3.8) is 0 Å². The average Bonchev–Trinajstić information content (AvgIpc) is 2.76. The molecule has 0 saturated heterocycles. The van der Waals surface area contributed by atoms with Gasteiger partial charge in [-0.15, -0.1) is 0 Å². The van der Waals surface area contributed by atoms with E-state index in [1.807, 2.05) is 48.7 Å². The summed E-state index contributed by atoms with van der Waals surface area (Å²) in [5.74, 6) is -0.314. The first-order valence-corrected chi connectivity index (χ1v) is 9.75. The fraction of sp³-hybridized carbons (Fsp3) is 0.250. The third kappa shape index (κ3) is 6.32. The number of aliphatic hydroxyl groups excluding tert-OH is 2. The maximum atomic E-state index is 11.2. The van der Waals surface area contributed by atoms with Crippen molar-refractivity contribution in [2.75, 3.05) is 26.3 Å². The summed E-state index contributed by atoms with van der Waals surface area (Å²) in [6.45, 7) is 1.81. The van der Waals surface area contributed by atoms with Crippen LogP contribution in [0.2, 0.25) is 0 Å². The second-order valence-electron chi connectivity index (χ2n) is 6.99. The van der Waals surface area contributed by atoms with Gasteiger partial charge in [0.05, 0.1) is 12.1 Å². The minimum absolute atomic E-state index is 0.111. The number of para-hydroxylation sites is 1. The van der Waals surface area contributed by atoms with Gasteiger partial charge in [0.15, 0.2) is 5.78 Å². The number of carbonyl (C=O) groups is 1. The summed E-state index contributed by atoms with van der Waals surface area (Å²) in [6, 6.07) is 18.2. The van der Waals surface area contributed by atoms with E-state index in [1.165, 1.54) is 11.6 Å². The first kappa shape index (κ1) is 20.9. The summed E-state index contributed by atoms with van der Waals surface area (Å²) in [4.78, 5) is 17.9. The quantitative estimate of drug-likeness (QED) is 0.521. The topological polar surface area (TPSA) is 73.7 Å². The van der Waals surface area contributed by atoms with Gasteiger partial charge in [-0.25, -0.2) is 0 Å². The van der Waals surface area contributed by atoms with Crippen molar-refractivity contribution in [1.29, 1.82) is 0 Å². The first-order chi connectivity index (χ1) is 14.2. The number of hydrogen-bond acceptors (Lipinski definition) is 5. The summed E-state index contributed by atoms with van der Waals surface area (Å²) in [5.41, 5.74) is 4.23. The number of aliphatic hydroxyl groups is 2. The van der Waals surface area contributed by atoms with Crippen LogP contribution in [0.4, 0.5) is 0 Å². The lowest BCUT2D eigenvalue weighted by Crippen LogP contribution is -2.28. The zero-order valence-corrected chi connectivity index (χ0v) is 16.4.